The van der Waals surface area contributed by atoms with E-state index in [1.165, 1.54) is 0 Å². The summed E-state index contributed by atoms with van der Waals surface area (Å²) in [6.07, 6.45) is 0.660. The summed E-state index contributed by atoms with van der Waals surface area (Å²) in [5.41, 5.74) is 2.21. The molecule has 12 heavy (non-hydrogen) atoms. The van der Waals surface area contributed by atoms with E-state index in [1.54, 1.807) is 0 Å². The molecule has 0 atom stereocenters. The predicted molar refractivity (Wildman–Crippen MR) is 44.5 cm³/mol. The summed E-state index contributed by atoms with van der Waals surface area (Å²) in [5.74, 6) is -0.989. The second kappa shape index (κ2) is 3.90. The number of carbonyl (C=O) groups excluding carboxylic acids is 1. The van der Waals surface area contributed by atoms with Crippen LogP contribution in [0.2, 0.25) is 0 Å². The van der Waals surface area contributed by atoms with Gasteiger partial charge in [0.25, 0.3) is 0 Å². The first-order chi connectivity index (χ1) is 5.68. The molecule has 0 radical (unpaired) electrons. The molecule has 0 heterocycles. The largest absolute Gasteiger partial charge is 0.550 e. The van der Waals surface area contributed by atoms with Gasteiger partial charge in [-0.25, -0.2) is 0 Å². The third-order valence-corrected chi connectivity index (χ3v) is 1.70. The topological polar surface area (TPSA) is 40.1 Å². The average Bonchev–Trinajstić information content (AvgIpc) is 2.01. The Labute approximate surface area is 71.8 Å². The zero-order valence-corrected chi connectivity index (χ0v) is 7.04. The molecule has 0 aliphatic heterocycles. The van der Waals surface area contributed by atoms with Gasteiger partial charge in [0.15, 0.2) is 0 Å². The van der Waals surface area contributed by atoms with Gasteiger partial charge in [-0.3, -0.25) is 0 Å². The standard InChI is InChI=1S/C10H12O2/c1-8-3-2-4-9(7-8)5-6-10(11)12/h2-4,7H,5-6H2,1H3,(H,11,12)/p-1. The maximum atomic E-state index is 10.1. The van der Waals surface area contributed by atoms with Gasteiger partial charge in [0, 0.05) is 5.97 Å². The second-order valence-corrected chi connectivity index (χ2v) is 2.86. The van der Waals surface area contributed by atoms with Gasteiger partial charge in [-0.05, 0) is 25.3 Å². The minimum atomic E-state index is -0.989. The monoisotopic (exact) mass is 163 g/mol. The molecular weight excluding hydrogens is 152 g/mol. The van der Waals surface area contributed by atoms with E-state index in [0.717, 1.165) is 11.1 Å². The van der Waals surface area contributed by atoms with Crippen LogP contribution in [0.3, 0.4) is 0 Å². The van der Waals surface area contributed by atoms with Crippen molar-refractivity contribution >= 4 is 5.97 Å². The van der Waals surface area contributed by atoms with Crippen molar-refractivity contribution in [2.24, 2.45) is 0 Å². The first-order valence-electron chi connectivity index (χ1n) is 3.94. The van der Waals surface area contributed by atoms with E-state index in [9.17, 15) is 9.90 Å². The van der Waals surface area contributed by atoms with E-state index in [-0.39, 0.29) is 6.42 Å². The van der Waals surface area contributed by atoms with Crippen LogP contribution in [0.25, 0.3) is 0 Å². The minimum absolute atomic E-state index is 0.101. The Kier molecular flexibility index (Phi) is 2.86. The highest BCUT2D eigenvalue weighted by Gasteiger charge is 1.92. The minimum Gasteiger partial charge on any atom is -0.550 e. The highest BCUT2D eigenvalue weighted by Crippen LogP contribution is 2.05. The van der Waals surface area contributed by atoms with Crippen molar-refractivity contribution in [3.05, 3.63) is 35.4 Å². The molecule has 0 N–H and O–H groups in total. The fraction of sp³-hybridized carbons (Fsp3) is 0.300. The molecule has 0 spiro atoms. The summed E-state index contributed by atoms with van der Waals surface area (Å²) in [4.78, 5) is 10.1. The van der Waals surface area contributed by atoms with Crippen LogP contribution in [-0.4, -0.2) is 5.97 Å². The molecule has 0 bridgehead atoms. The van der Waals surface area contributed by atoms with Crippen LogP contribution in [0.1, 0.15) is 17.5 Å². The molecular formula is C10H11O2-. The molecule has 1 rings (SSSR count). The molecule has 0 saturated heterocycles. The average molecular weight is 163 g/mol. The Morgan fingerprint density at radius 3 is 2.83 bits per heavy atom. The number of aryl methyl sites for hydroxylation is 2. The van der Waals surface area contributed by atoms with E-state index in [2.05, 4.69) is 0 Å². The highest BCUT2D eigenvalue weighted by atomic mass is 16.4. The quantitative estimate of drug-likeness (QED) is 0.657. The van der Waals surface area contributed by atoms with Crippen molar-refractivity contribution in [1.82, 2.24) is 0 Å². The van der Waals surface area contributed by atoms with E-state index in [0.29, 0.717) is 6.42 Å². The van der Waals surface area contributed by atoms with Crippen LogP contribution in [0.4, 0.5) is 0 Å². The Morgan fingerprint density at radius 1 is 1.50 bits per heavy atom. The van der Waals surface area contributed by atoms with Gasteiger partial charge in [-0.2, -0.15) is 0 Å². The summed E-state index contributed by atoms with van der Waals surface area (Å²) in [5, 5.41) is 10.1. The molecule has 0 amide bonds. The third-order valence-electron chi connectivity index (χ3n) is 1.70. The number of carboxylic acids is 1. The number of hydrogen-bond acceptors (Lipinski definition) is 2. The van der Waals surface area contributed by atoms with E-state index in [4.69, 9.17) is 0 Å². The van der Waals surface area contributed by atoms with Gasteiger partial charge >= 0.3 is 0 Å². The second-order valence-electron chi connectivity index (χ2n) is 2.86. The predicted octanol–water partition coefficient (Wildman–Crippen LogP) is 0.678. The molecule has 0 aliphatic carbocycles. The van der Waals surface area contributed by atoms with Gasteiger partial charge in [0.2, 0.25) is 0 Å². The van der Waals surface area contributed by atoms with E-state index >= 15 is 0 Å². The lowest BCUT2D eigenvalue weighted by atomic mass is 10.1. The number of hydrogen-bond donors (Lipinski definition) is 0. The molecule has 2 nitrogen and oxygen atoms in total. The summed E-state index contributed by atoms with van der Waals surface area (Å²) >= 11 is 0. The van der Waals surface area contributed by atoms with Crippen LogP contribution in [0.15, 0.2) is 24.3 Å². The molecule has 64 valence electrons. The SMILES string of the molecule is Cc1cccc(CCC(=O)[O-])c1. The molecule has 2 heteroatoms. The molecule has 1 aromatic carbocycles. The smallest absolute Gasteiger partial charge is 0.0417 e. The zero-order valence-electron chi connectivity index (χ0n) is 7.04. The van der Waals surface area contributed by atoms with Gasteiger partial charge in [-0.15, -0.1) is 0 Å². The first kappa shape index (κ1) is 8.78. The lowest BCUT2D eigenvalue weighted by molar-refractivity contribution is -0.305. The molecule has 0 fully saturated rings. The van der Waals surface area contributed by atoms with Gasteiger partial charge < -0.3 is 9.90 Å². The summed E-state index contributed by atoms with van der Waals surface area (Å²) in [6, 6.07) is 7.83. The van der Waals surface area contributed by atoms with Crippen LogP contribution in [-0.2, 0) is 11.2 Å². The van der Waals surface area contributed by atoms with Crippen molar-refractivity contribution in [1.29, 1.82) is 0 Å². The van der Waals surface area contributed by atoms with Gasteiger partial charge in [-0.1, -0.05) is 29.8 Å². The van der Waals surface area contributed by atoms with Crippen LogP contribution in [0.5, 0.6) is 0 Å². The lowest BCUT2D eigenvalue weighted by Crippen LogP contribution is -2.22. The number of carboxylic acid groups (broad SMARTS) is 1. The molecule has 1 aromatic rings. The Balaban J connectivity index is 2.57. The number of carbonyl (C=O) groups is 1. The summed E-state index contributed by atoms with van der Waals surface area (Å²) in [6.45, 7) is 1.99. The summed E-state index contributed by atoms with van der Waals surface area (Å²) < 4.78 is 0. The fourth-order valence-corrected chi connectivity index (χ4v) is 1.11. The highest BCUT2D eigenvalue weighted by molar-refractivity contribution is 5.64. The van der Waals surface area contributed by atoms with Crippen molar-refractivity contribution in [2.75, 3.05) is 0 Å². The number of rotatable bonds is 3. The Morgan fingerprint density at radius 2 is 2.25 bits per heavy atom. The van der Waals surface area contributed by atoms with Gasteiger partial charge in [0.1, 0.15) is 0 Å². The maximum Gasteiger partial charge on any atom is 0.0417 e. The number of aliphatic carboxylic acids is 1. The zero-order chi connectivity index (χ0) is 8.97. The van der Waals surface area contributed by atoms with Gasteiger partial charge in [0.05, 0.1) is 0 Å². The van der Waals surface area contributed by atoms with Crippen LogP contribution < -0.4 is 5.11 Å². The Hall–Kier alpha value is -1.31. The van der Waals surface area contributed by atoms with Crippen LogP contribution in [0, 0.1) is 6.92 Å². The molecule has 0 aliphatic rings. The molecule has 0 aromatic heterocycles. The normalized spacial score (nSPS) is 9.75. The summed E-state index contributed by atoms with van der Waals surface area (Å²) in [7, 11) is 0. The van der Waals surface area contributed by atoms with Crippen molar-refractivity contribution < 1.29 is 9.90 Å². The van der Waals surface area contributed by atoms with Crippen molar-refractivity contribution in [3.63, 3.8) is 0 Å². The van der Waals surface area contributed by atoms with Crippen molar-refractivity contribution in [2.45, 2.75) is 19.8 Å². The third kappa shape index (κ3) is 2.74. The first-order valence-corrected chi connectivity index (χ1v) is 3.94. The maximum absolute atomic E-state index is 10.1. The lowest BCUT2D eigenvalue weighted by Gasteiger charge is -2.02. The van der Waals surface area contributed by atoms with Crippen molar-refractivity contribution in [3.8, 4) is 0 Å². The Bertz CT molecular complexity index is 279. The van der Waals surface area contributed by atoms with E-state index < -0.39 is 5.97 Å². The van der Waals surface area contributed by atoms with E-state index in [1.807, 2.05) is 31.2 Å². The van der Waals surface area contributed by atoms with Crippen LogP contribution >= 0.6 is 0 Å². The molecule has 0 saturated carbocycles. The fourth-order valence-electron chi connectivity index (χ4n) is 1.11. The number of benzene rings is 1. The molecule has 0 unspecified atom stereocenters.